The summed E-state index contributed by atoms with van der Waals surface area (Å²) < 4.78 is 0. The smallest absolute Gasteiger partial charge is 0.269 e. The van der Waals surface area contributed by atoms with E-state index in [0.717, 1.165) is 12.1 Å². The molecule has 1 N–H and O–H groups in total. The van der Waals surface area contributed by atoms with Crippen LogP contribution in [-0.2, 0) is 6.54 Å². The van der Waals surface area contributed by atoms with E-state index < -0.39 is 0 Å². The standard InChI is InChI=1S/C16H18N2O2/c1-12-5-3-4-6-15(12)11-17-13(2)14-7-9-16(10-8-14)18(19)20/h3-10,13,17H,11H2,1-2H3. The molecule has 0 aliphatic rings. The number of nitro benzene ring substituents is 1. The van der Waals surface area contributed by atoms with Crippen LogP contribution in [0.1, 0.15) is 29.7 Å². The van der Waals surface area contributed by atoms with E-state index in [-0.39, 0.29) is 16.7 Å². The van der Waals surface area contributed by atoms with Gasteiger partial charge in [0.25, 0.3) is 5.69 Å². The number of non-ortho nitro benzene ring substituents is 1. The van der Waals surface area contributed by atoms with E-state index in [1.165, 1.54) is 11.1 Å². The Morgan fingerprint density at radius 3 is 2.40 bits per heavy atom. The number of nitrogens with zero attached hydrogens (tertiary/aromatic N) is 1. The van der Waals surface area contributed by atoms with Gasteiger partial charge in [0.1, 0.15) is 0 Å². The van der Waals surface area contributed by atoms with Crippen molar-refractivity contribution in [2.24, 2.45) is 0 Å². The van der Waals surface area contributed by atoms with Crippen LogP contribution in [0.5, 0.6) is 0 Å². The SMILES string of the molecule is Cc1ccccc1CNC(C)c1ccc([N+](=O)[O-])cc1. The fraction of sp³-hybridized carbons (Fsp3) is 0.250. The maximum atomic E-state index is 10.6. The number of benzene rings is 2. The van der Waals surface area contributed by atoms with Gasteiger partial charge in [-0.25, -0.2) is 0 Å². The van der Waals surface area contributed by atoms with Crippen LogP contribution < -0.4 is 5.32 Å². The Morgan fingerprint density at radius 2 is 1.80 bits per heavy atom. The van der Waals surface area contributed by atoms with Crippen LogP contribution in [-0.4, -0.2) is 4.92 Å². The van der Waals surface area contributed by atoms with Gasteiger partial charge in [-0.05, 0) is 30.5 Å². The van der Waals surface area contributed by atoms with Gasteiger partial charge in [-0.1, -0.05) is 36.4 Å². The average molecular weight is 270 g/mol. The lowest BCUT2D eigenvalue weighted by molar-refractivity contribution is -0.384. The molecule has 0 saturated carbocycles. The first-order valence-electron chi connectivity index (χ1n) is 6.60. The normalized spacial score (nSPS) is 12.1. The van der Waals surface area contributed by atoms with Gasteiger partial charge < -0.3 is 5.32 Å². The molecule has 0 heterocycles. The van der Waals surface area contributed by atoms with Crippen LogP contribution in [0.25, 0.3) is 0 Å². The molecule has 1 unspecified atom stereocenters. The zero-order chi connectivity index (χ0) is 14.5. The fourth-order valence-corrected chi connectivity index (χ4v) is 2.07. The Labute approximate surface area is 118 Å². The molecule has 0 saturated heterocycles. The largest absolute Gasteiger partial charge is 0.306 e. The quantitative estimate of drug-likeness (QED) is 0.665. The maximum absolute atomic E-state index is 10.6. The summed E-state index contributed by atoms with van der Waals surface area (Å²) in [4.78, 5) is 10.2. The van der Waals surface area contributed by atoms with Crippen LogP contribution in [0.3, 0.4) is 0 Å². The Kier molecular flexibility index (Phi) is 4.48. The topological polar surface area (TPSA) is 55.2 Å². The van der Waals surface area contributed by atoms with E-state index in [4.69, 9.17) is 0 Å². The molecular weight excluding hydrogens is 252 g/mol. The van der Waals surface area contributed by atoms with E-state index in [1.807, 2.05) is 12.1 Å². The van der Waals surface area contributed by atoms with Crippen molar-refractivity contribution < 1.29 is 4.92 Å². The number of hydrogen-bond donors (Lipinski definition) is 1. The summed E-state index contributed by atoms with van der Waals surface area (Å²) >= 11 is 0. The number of rotatable bonds is 5. The second-order valence-electron chi connectivity index (χ2n) is 4.88. The molecule has 2 rings (SSSR count). The average Bonchev–Trinajstić information content (AvgIpc) is 2.46. The molecular formula is C16H18N2O2. The number of hydrogen-bond acceptors (Lipinski definition) is 3. The van der Waals surface area contributed by atoms with Crippen molar-refractivity contribution in [2.45, 2.75) is 26.4 Å². The second kappa shape index (κ2) is 6.30. The van der Waals surface area contributed by atoms with Gasteiger partial charge >= 0.3 is 0 Å². The predicted molar refractivity (Wildman–Crippen MR) is 79.5 cm³/mol. The van der Waals surface area contributed by atoms with Crippen molar-refractivity contribution in [3.05, 3.63) is 75.3 Å². The first kappa shape index (κ1) is 14.2. The lowest BCUT2D eigenvalue weighted by atomic mass is 10.1. The first-order valence-corrected chi connectivity index (χ1v) is 6.60. The fourth-order valence-electron chi connectivity index (χ4n) is 2.07. The number of nitro groups is 1. The van der Waals surface area contributed by atoms with Gasteiger partial charge in [0, 0.05) is 24.7 Å². The third kappa shape index (κ3) is 3.42. The Hall–Kier alpha value is -2.20. The summed E-state index contributed by atoms with van der Waals surface area (Å²) in [6, 6.07) is 15.1. The molecule has 4 heteroatoms. The van der Waals surface area contributed by atoms with Crippen molar-refractivity contribution in [1.82, 2.24) is 5.32 Å². The molecule has 0 bridgehead atoms. The van der Waals surface area contributed by atoms with E-state index >= 15 is 0 Å². The Bertz CT molecular complexity index is 594. The maximum Gasteiger partial charge on any atom is 0.269 e. The zero-order valence-electron chi connectivity index (χ0n) is 11.7. The van der Waals surface area contributed by atoms with Crippen LogP contribution in [0.4, 0.5) is 5.69 Å². The molecule has 0 aliphatic heterocycles. The van der Waals surface area contributed by atoms with Crippen LogP contribution >= 0.6 is 0 Å². The summed E-state index contributed by atoms with van der Waals surface area (Å²) in [6.45, 7) is 4.93. The molecule has 0 fully saturated rings. The molecule has 0 radical (unpaired) electrons. The zero-order valence-corrected chi connectivity index (χ0v) is 11.7. The summed E-state index contributed by atoms with van der Waals surface area (Å²) in [5.74, 6) is 0. The molecule has 2 aromatic rings. The van der Waals surface area contributed by atoms with Gasteiger partial charge in [0.2, 0.25) is 0 Å². The number of nitrogens with one attached hydrogen (secondary N) is 1. The number of aryl methyl sites for hydroxylation is 1. The summed E-state index contributed by atoms with van der Waals surface area (Å²) in [5.41, 5.74) is 3.70. The molecule has 1 atom stereocenters. The van der Waals surface area contributed by atoms with Crippen molar-refractivity contribution in [3.63, 3.8) is 0 Å². The van der Waals surface area contributed by atoms with E-state index in [2.05, 4.69) is 31.3 Å². The van der Waals surface area contributed by atoms with Crippen LogP contribution in [0.2, 0.25) is 0 Å². The van der Waals surface area contributed by atoms with E-state index in [0.29, 0.717) is 0 Å². The minimum atomic E-state index is -0.380. The lowest BCUT2D eigenvalue weighted by Gasteiger charge is -2.15. The predicted octanol–water partition coefficient (Wildman–Crippen LogP) is 3.75. The Morgan fingerprint density at radius 1 is 1.15 bits per heavy atom. The summed E-state index contributed by atoms with van der Waals surface area (Å²) in [6.07, 6.45) is 0. The molecule has 104 valence electrons. The van der Waals surface area contributed by atoms with Gasteiger partial charge in [0.15, 0.2) is 0 Å². The molecule has 0 aliphatic carbocycles. The molecule has 2 aromatic carbocycles. The monoisotopic (exact) mass is 270 g/mol. The highest BCUT2D eigenvalue weighted by molar-refractivity contribution is 5.34. The summed E-state index contributed by atoms with van der Waals surface area (Å²) in [5, 5.41) is 14.1. The third-order valence-electron chi connectivity index (χ3n) is 3.46. The highest BCUT2D eigenvalue weighted by Gasteiger charge is 2.09. The van der Waals surface area contributed by atoms with Crippen LogP contribution in [0.15, 0.2) is 48.5 Å². The highest BCUT2D eigenvalue weighted by atomic mass is 16.6. The minimum Gasteiger partial charge on any atom is -0.306 e. The van der Waals surface area contributed by atoms with Crippen molar-refractivity contribution in [1.29, 1.82) is 0 Å². The first-order chi connectivity index (χ1) is 9.58. The summed E-state index contributed by atoms with van der Waals surface area (Å²) in [7, 11) is 0. The highest BCUT2D eigenvalue weighted by Crippen LogP contribution is 2.18. The third-order valence-corrected chi connectivity index (χ3v) is 3.46. The van der Waals surface area contributed by atoms with Crippen molar-refractivity contribution in [2.75, 3.05) is 0 Å². The minimum absolute atomic E-state index is 0.125. The molecule has 20 heavy (non-hydrogen) atoms. The van der Waals surface area contributed by atoms with Gasteiger partial charge in [0.05, 0.1) is 4.92 Å². The molecule has 4 nitrogen and oxygen atoms in total. The van der Waals surface area contributed by atoms with Gasteiger partial charge in [-0.3, -0.25) is 10.1 Å². The van der Waals surface area contributed by atoms with Gasteiger partial charge in [-0.15, -0.1) is 0 Å². The molecule has 0 spiro atoms. The molecule has 0 amide bonds. The van der Waals surface area contributed by atoms with E-state index in [9.17, 15) is 10.1 Å². The van der Waals surface area contributed by atoms with E-state index in [1.54, 1.807) is 24.3 Å². The van der Waals surface area contributed by atoms with Crippen molar-refractivity contribution in [3.8, 4) is 0 Å². The van der Waals surface area contributed by atoms with Crippen LogP contribution in [0, 0.1) is 17.0 Å². The Balaban J connectivity index is 2.00. The lowest BCUT2D eigenvalue weighted by Crippen LogP contribution is -2.18. The molecule has 0 aromatic heterocycles. The van der Waals surface area contributed by atoms with Gasteiger partial charge in [-0.2, -0.15) is 0 Å². The van der Waals surface area contributed by atoms with Crippen molar-refractivity contribution >= 4 is 5.69 Å². The second-order valence-corrected chi connectivity index (χ2v) is 4.88.